The highest BCUT2D eigenvalue weighted by molar-refractivity contribution is 5.90. The first-order valence-electron chi connectivity index (χ1n) is 8.86. The van der Waals surface area contributed by atoms with Crippen LogP contribution in [0.5, 0.6) is 0 Å². The van der Waals surface area contributed by atoms with Crippen molar-refractivity contribution in [2.45, 2.75) is 6.54 Å². The molecular formula is C19H21N7O. The Morgan fingerprint density at radius 3 is 2.63 bits per heavy atom. The van der Waals surface area contributed by atoms with E-state index >= 15 is 0 Å². The highest BCUT2D eigenvalue weighted by Crippen LogP contribution is 2.17. The lowest BCUT2D eigenvalue weighted by Gasteiger charge is -2.35. The van der Waals surface area contributed by atoms with Crippen molar-refractivity contribution in [2.75, 3.05) is 31.1 Å². The van der Waals surface area contributed by atoms with Gasteiger partial charge in [-0.2, -0.15) is 0 Å². The van der Waals surface area contributed by atoms with Crippen LogP contribution in [0.25, 0.3) is 5.69 Å². The predicted molar refractivity (Wildman–Crippen MR) is 102 cm³/mol. The van der Waals surface area contributed by atoms with Crippen molar-refractivity contribution in [3.05, 3.63) is 66.6 Å². The number of hydrogen-bond acceptors (Lipinski definition) is 6. The van der Waals surface area contributed by atoms with Crippen LogP contribution in [0.2, 0.25) is 0 Å². The van der Waals surface area contributed by atoms with E-state index in [0.717, 1.165) is 38.4 Å². The van der Waals surface area contributed by atoms with E-state index in [4.69, 9.17) is 5.73 Å². The van der Waals surface area contributed by atoms with Crippen molar-refractivity contribution in [2.24, 2.45) is 5.73 Å². The molecule has 0 saturated carbocycles. The third-order valence-corrected chi connectivity index (χ3v) is 4.71. The normalized spacial score (nSPS) is 15.0. The van der Waals surface area contributed by atoms with Gasteiger partial charge < -0.3 is 15.2 Å². The number of aromatic nitrogens is 4. The van der Waals surface area contributed by atoms with Crippen molar-refractivity contribution in [3.63, 3.8) is 0 Å². The Morgan fingerprint density at radius 2 is 1.89 bits per heavy atom. The highest BCUT2D eigenvalue weighted by atomic mass is 16.1. The number of hydrogen-bond donors (Lipinski definition) is 1. The average Bonchev–Trinajstić information content (AvgIpc) is 3.17. The van der Waals surface area contributed by atoms with Crippen molar-refractivity contribution in [3.8, 4) is 5.69 Å². The summed E-state index contributed by atoms with van der Waals surface area (Å²) in [5, 5.41) is 0. The second kappa shape index (κ2) is 7.55. The molecular weight excluding hydrogens is 342 g/mol. The molecule has 0 radical (unpaired) electrons. The maximum atomic E-state index is 11.3. The summed E-state index contributed by atoms with van der Waals surface area (Å²) in [6.07, 6.45) is 8.78. The van der Waals surface area contributed by atoms with Crippen molar-refractivity contribution < 1.29 is 4.79 Å². The molecule has 4 heterocycles. The third kappa shape index (κ3) is 3.80. The first-order valence-corrected chi connectivity index (χ1v) is 8.86. The van der Waals surface area contributed by atoms with Gasteiger partial charge in [-0.1, -0.05) is 0 Å². The molecule has 0 spiro atoms. The van der Waals surface area contributed by atoms with Crippen LogP contribution in [0.4, 0.5) is 5.82 Å². The minimum absolute atomic E-state index is 0.198. The van der Waals surface area contributed by atoms with E-state index in [1.54, 1.807) is 12.4 Å². The van der Waals surface area contributed by atoms with E-state index in [0.29, 0.717) is 5.82 Å². The second-order valence-corrected chi connectivity index (χ2v) is 6.47. The smallest absolute Gasteiger partial charge is 0.268 e. The maximum Gasteiger partial charge on any atom is 0.268 e. The van der Waals surface area contributed by atoms with Crippen LogP contribution in [-0.2, 0) is 6.54 Å². The number of piperazine rings is 1. The molecule has 3 aromatic heterocycles. The Balaban J connectivity index is 1.40. The van der Waals surface area contributed by atoms with Gasteiger partial charge in [-0.15, -0.1) is 0 Å². The molecule has 0 aliphatic carbocycles. The van der Waals surface area contributed by atoms with Gasteiger partial charge in [0, 0.05) is 50.8 Å². The predicted octanol–water partition coefficient (Wildman–Crippen LogP) is 1.08. The average molecular weight is 363 g/mol. The number of anilines is 1. The zero-order valence-corrected chi connectivity index (χ0v) is 14.9. The van der Waals surface area contributed by atoms with E-state index in [9.17, 15) is 4.79 Å². The molecule has 4 rings (SSSR count). The fourth-order valence-electron chi connectivity index (χ4n) is 3.28. The molecule has 0 unspecified atom stereocenters. The highest BCUT2D eigenvalue weighted by Gasteiger charge is 2.20. The quantitative estimate of drug-likeness (QED) is 0.729. The molecule has 1 aliphatic heterocycles. The summed E-state index contributed by atoms with van der Waals surface area (Å²) in [4.78, 5) is 28.4. The van der Waals surface area contributed by atoms with Gasteiger partial charge >= 0.3 is 0 Å². The summed E-state index contributed by atoms with van der Waals surface area (Å²) in [7, 11) is 0. The van der Waals surface area contributed by atoms with Gasteiger partial charge in [-0.25, -0.2) is 4.98 Å². The van der Waals surface area contributed by atoms with Gasteiger partial charge in [-0.05, 0) is 24.3 Å². The van der Waals surface area contributed by atoms with Crippen molar-refractivity contribution >= 4 is 11.7 Å². The topological polar surface area (TPSA) is 93.2 Å². The fraction of sp³-hybridized carbons (Fsp3) is 0.263. The minimum Gasteiger partial charge on any atom is -0.364 e. The van der Waals surface area contributed by atoms with Gasteiger partial charge in [0.1, 0.15) is 11.5 Å². The number of primary amides is 1. The zero-order chi connectivity index (χ0) is 18.6. The van der Waals surface area contributed by atoms with Gasteiger partial charge in [0.2, 0.25) is 0 Å². The summed E-state index contributed by atoms with van der Waals surface area (Å²) in [5.41, 5.74) is 7.79. The van der Waals surface area contributed by atoms with Crippen LogP contribution in [0, 0.1) is 0 Å². The first-order chi connectivity index (χ1) is 13.2. The molecule has 0 atom stereocenters. The monoisotopic (exact) mass is 363 g/mol. The molecule has 8 nitrogen and oxygen atoms in total. The van der Waals surface area contributed by atoms with Crippen LogP contribution in [0.1, 0.15) is 16.2 Å². The Hall–Kier alpha value is -3.26. The molecule has 3 aromatic rings. The zero-order valence-electron chi connectivity index (χ0n) is 14.9. The van der Waals surface area contributed by atoms with E-state index in [2.05, 4.69) is 53.7 Å². The maximum absolute atomic E-state index is 11.3. The summed E-state index contributed by atoms with van der Waals surface area (Å²) in [6.45, 7) is 4.32. The number of nitrogens with zero attached hydrogens (tertiary/aromatic N) is 6. The van der Waals surface area contributed by atoms with Crippen LogP contribution in [0.3, 0.4) is 0 Å². The molecule has 27 heavy (non-hydrogen) atoms. The second-order valence-electron chi connectivity index (χ2n) is 6.47. The SMILES string of the molecule is NC(=O)c1cncc(N2CCN(Cc3cccn3-c3cccnc3)CC2)n1. The molecule has 0 bridgehead atoms. The van der Waals surface area contributed by atoms with Crippen molar-refractivity contribution in [1.29, 1.82) is 0 Å². The van der Waals surface area contributed by atoms with Gasteiger partial charge in [0.15, 0.2) is 0 Å². The Bertz CT molecular complexity index is 917. The summed E-state index contributed by atoms with van der Waals surface area (Å²) in [6, 6.07) is 8.20. The lowest BCUT2D eigenvalue weighted by Crippen LogP contribution is -2.46. The van der Waals surface area contributed by atoms with Crippen LogP contribution in [0.15, 0.2) is 55.2 Å². The van der Waals surface area contributed by atoms with E-state index in [1.165, 1.54) is 11.9 Å². The minimum atomic E-state index is -0.556. The van der Waals surface area contributed by atoms with Gasteiger partial charge in [-0.3, -0.25) is 19.7 Å². The Kier molecular flexibility index (Phi) is 4.80. The fourth-order valence-corrected chi connectivity index (χ4v) is 3.28. The number of rotatable bonds is 5. The number of carbonyl (C=O) groups is 1. The Labute approximate surface area is 157 Å². The summed E-state index contributed by atoms with van der Waals surface area (Å²) < 4.78 is 2.17. The van der Waals surface area contributed by atoms with E-state index < -0.39 is 5.91 Å². The first kappa shape index (κ1) is 17.2. The molecule has 0 aromatic carbocycles. The molecule has 1 fully saturated rings. The van der Waals surface area contributed by atoms with E-state index in [1.807, 2.05) is 12.3 Å². The molecule has 1 saturated heterocycles. The Morgan fingerprint density at radius 1 is 1.04 bits per heavy atom. The summed E-state index contributed by atoms with van der Waals surface area (Å²) >= 11 is 0. The van der Waals surface area contributed by atoms with Gasteiger partial charge in [0.25, 0.3) is 5.91 Å². The molecule has 138 valence electrons. The largest absolute Gasteiger partial charge is 0.364 e. The number of pyridine rings is 1. The molecule has 8 heteroatoms. The molecule has 1 amide bonds. The number of nitrogens with two attached hydrogens (primary N) is 1. The molecule has 2 N–H and O–H groups in total. The summed E-state index contributed by atoms with van der Waals surface area (Å²) in [5.74, 6) is 0.142. The lowest BCUT2D eigenvalue weighted by molar-refractivity contribution is 0.0995. The number of amides is 1. The van der Waals surface area contributed by atoms with E-state index in [-0.39, 0.29) is 5.69 Å². The standard InChI is InChI=1S/C19H21N7O/c20-19(27)17-12-22-13-18(23-17)25-9-7-24(8-10-25)14-16-4-2-6-26(16)15-3-1-5-21-11-15/h1-6,11-13H,7-10,14H2,(H2,20,27). The molecule has 1 aliphatic rings. The third-order valence-electron chi connectivity index (χ3n) is 4.71. The van der Waals surface area contributed by atoms with Crippen LogP contribution < -0.4 is 10.6 Å². The van der Waals surface area contributed by atoms with Crippen molar-refractivity contribution in [1.82, 2.24) is 24.4 Å². The lowest BCUT2D eigenvalue weighted by atomic mass is 10.2. The van der Waals surface area contributed by atoms with Crippen LogP contribution in [-0.4, -0.2) is 56.5 Å². The number of carbonyl (C=O) groups excluding carboxylic acids is 1. The van der Waals surface area contributed by atoms with Crippen LogP contribution >= 0.6 is 0 Å². The van der Waals surface area contributed by atoms with Gasteiger partial charge in [0.05, 0.1) is 24.3 Å².